The highest BCUT2D eigenvalue weighted by atomic mass is 16.3. The molecule has 1 N–H and O–H groups in total. The van der Waals surface area contributed by atoms with Crippen LogP contribution in [0.1, 0.15) is 19.8 Å². The average molecular weight is 287 g/mol. The minimum absolute atomic E-state index is 0.0166. The molecule has 1 aliphatic rings. The first kappa shape index (κ1) is 14.1. The molecule has 1 aromatic carbocycles. The van der Waals surface area contributed by atoms with Crippen LogP contribution in [0.2, 0.25) is 0 Å². The summed E-state index contributed by atoms with van der Waals surface area (Å²) in [4.78, 5) is 18.5. The average Bonchev–Trinajstić information content (AvgIpc) is 3.08. The van der Waals surface area contributed by atoms with Crippen molar-refractivity contribution in [3.8, 4) is 0 Å². The molecule has 1 amide bonds. The second kappa shape index (κ2) is 5.85. The van der Waals surface area contributed by atoms with Gasteiger partial charge in [0.15, 0.2) is 0 Å². The Morgan fingerprint density at radius 1 is 1.43 bits per heavy atom. The number of hydrogen-bond donors (Lipinski definition) is 1. The Morgan fingerprint density at radius 3 is 3.05 bits per heavy atom. The standard InChI is InChI=1S/C16H21N3O2/c1-12-6-9-19(15(12)10-20)16(21)7-8-18-11-17-13-4-2-3-5-14(13)18/h2-5,11-12,15,20H,6-10H2,1H3. The number of aliphatic hydroxyl groups excluding tert-OH is 1. The number of fused-ring (bicyclic) bond motifs is 1. The topological polar surface area (TPSA) is 58.4 Å². The Bertz CT molecular complexity index is 637. The lowest BCUT2D eigenvalue weighted by atomic mass is 10.0. The fourth-order valence-electron chi connectivity index (χ4n) is 3.14. The molecule has 3 rings (SSSR count). The van der Waals surface area contributed by atoms with Gasteiger partial charge >= 0.3 is 0 Å². The highest BCUT2D eigenvalue weighted by molar-refractivity contribution is 5.78. The molecule has 0 radical (unpaired) electrons. The lowest BCUT2D eigenvalue weighted by molar-refractivity contribution is -0.133. The number of benzene rings is 1. The molecule has 0 spiro atoms. The van der Waals surface area contributed by atoms with Gasteiger partial charge in [-0.25, -0.2) is 4.98 Å². The molecule has 2 atom stereocenters. The highest BCUT2D eigenvalue weighted by Gasteiger charge is 2.33. The lowest BCUT2D eigenvalue weighted by Crippen LogP contribution is -2.40. The molecule has 112 valence electrons. The molecule has 2 heterocycles. The number of amides is 1. The van der Waals surface area contributed by atoms with Crippen LogP contribution in [0.4, 0.5) is 0 Å². The first-order valence-electron chi connectivity index (χ1n) is 7.51. The number of carbonyl (C=O) groups excluding carboxylic acids is 1. The maximum atomic E-state index is 12.4. The Morgan fingerprint density at radius 2 is 2.24 bits per heavy atom. The van der Waals surface area contributed by atoms with Crippen LogP contribution in [0, 0.1) is 5.92 Å². The third-order valence-electron chi connectivity index (χ3n) is 4.48. The summed E-state index contributed by atoms with van der Waals surface area (Å²) in [6.45, 7) is 3.54. The molecule has 1 aromatic heterocycles. The van der Waals surface area contributed by atoms with Gasteiger partial charge in [-0.1, -0.05) is 19.1 Å². The van der Waals surface area contributed by atoms with Gasteiger partial charge in [-0.05, 0) is 24.5 Å². The fourth-order valence-corrected chi connectivity index (χ4v) is 3.14. The predicted octanol–water partition coefficient (Wildman–Crippen LogP) is 1.66. The van der Waals surface area contributed by atoms with Crippen molar-refractivity contribution >= 4 is 16.9 Å². The molecule has 2 aromatic rings. The smallest absolute Gasteiger partial charge is 0.224 e. The highest BCUT2D eigenvalue weighted by Crippen LogP contribution is 2.24. The first-order valence-corrected chi connectivity index (χ1v) is 7.51. The van der Waals surface area contributed by atoms with Crippen molar-refractivity contribution in [1.29, 1.82) is 0 Å². The van der Waals surface area contributed by atoms with Crippen LogP contribution in [0.15, 0.2) is 30.6 Å². The zero-order valence-electron chi connectivity index (χ0n) is 12.3. The number of hydrogen-bond acceptors (Lipinski definition) is 3. The number of nitrogens with zero attached hydrogens (tertiary/aromatic N) is 3. The Labute approximate surface area is 124 Å². The van der Waals surface area contributed by atoms with E-state index in [9.17, 15) is 9.90 Å². The number of rotatable bonds is 4. The van der Waals surface area contributed by atoms with Gasteiger partial charge in [-0.2, -0.15) is 0 Å². The monoisotopic (exact) mass is 287 g/mol. The molecule has 21 heavy (non-hydrogen) atoms. The van der Waals surface area contributed by atoms with E-state index >= 15 is 0 Å². The van der Waals surface area contributed by atoms with Gasteiger partial charge in [0.1, 0.15) is 0 Å². The quantitative estimate of drug-likeness (QED) is 0.930. The largest absolute Gasteiger partial charge is 0.394 e. The van der Waals surface area contributed by atoms with Crippen LogP contribution in [0.5, 0.6) is 0 Å². The SMILES string of the molecule is CC1CCN(C(=O)CCn2cnc3ccccc32)C1CO. The third kappa shape index (κ3) is 2.65. The number of para-hydroxylation sites is 2. The van der Waals surface area contributed by atoms with Gasteiger partial charge in [0, 0.05) is 19.5 Å². The van der Waals surface area contributed by atoms with Crippen molar-refractivity contribution in [2.24, 2.45) is 5.92 Å². The van der Waals surface area contributed by atoms with Gasteiger partial charge < -0.3 is 14.6 Å². The first-order chi connectivity index (χ1) is 10.2. The molecule has 5 heteroatoms. The number of carbonyl (C=O) groups is 1. The third-order valence-corrected chi connectivity index (χ3v) is 4.48. The summed E-state index contributed by atoms with van der Waals surface area (Å²) in [6.07, 6.45) is 3.21. The number of aryl methyl sites for hydroxylation is 1. The second-order valence-electron chi connectivity index (χ2n) is 5.78. The van der Waals surface area contributed by atoms with Crippen molar-refractivity contribution in [1.82, 2.24) is 14.5 Å². The van der Waals surface area contributed by atoms with E-state index in [2.05, 4.69) is 11.9 Å². The van der Waals surface area contributed by atoms with Gasteiger partial charge in [0.25, 0.3) is 0 Å². The maximum absolute atomic E-state index is 12.4. The van der Waals surface area contributed by atoms with E-state index in [0.29, 0.717) is 18.9 Å². The van der Waals surface area contributed by atoms with E-state index in [4.69, 9.17) is 0 Å². The molecule has 5 nitrogen and oxygen atoms in total. The maximum Gasteiger partial charge on any atom is 0.224 e. The van der Waals surface area contributed by atoms with Crippen LogP contribution in [0.3, 0.4) is 0 Å². The lowest BCUT2D eigenvalue weighted by Gasteiger charge is -2.25. The molecule has 1 saturated heterocycles. The molecule has 1 aliphatic heterocycles. The van der Waals surface area contributed by atoms with Crippen molar-refractivity contribution in [3.05, 3.63) is 30.6 Å². The van der Waals surface area contributed by atoms with Crippen molar-refractivity contribution in [3.63, 3.8) is 0 Å². The zero-order valence-corrected chi connectivity index (χ0v) is 12.3. The zero-order chi connectivity index (χ0) is 14.8. The van der Waals surface area contributed by atoms with Crippen molar-refractivity contribution in [2.75, 3.05) is 13.2 Å². The van der Waals surface area contributed by atoms with Gasteiger partial charge in [0.2, 0.25) is 5.91 Å². The van der Waals surface area contributed by atoms with Crippen LogP contribution in [0.25, 0.3) is 11.0 Å². The van der Waals surface area contributed by atoms with Crippen molar-refractivity contribution in [2.45, 2.75) is 32.4 Å². The summed E-state index contributed by atoms with van der Waals surface area (Å²) in [6, 6.07) is 7.91. The molecule has 2 unspecified atom stereocenters. The predicted molar refractivity (Wildman–Crippen MR) is 80.7 cm³/mol. The van der Waals surface area contributed by atoms with E-state index in [1.165, 1.54) is 0 Å². The van der Waals surface area contributed by atoms with Crippen LogP contribution >= 0.6 is 0 Å². The van der Waals surface area contributed by atoms with Gasteiger partial charge in [-0.3, -0.25) is 4.79 Å². The van der Waals surface area contributed by atoms with Crippen LogP contribution < -0.4 is 0 Å². The van der Waals surface area contributed by atoms with Gasteiger partial charge in [0.05, 0.1) is 30.0 Å². The minimum atomic E-state index is -0.0166. The van der Waals surface area contributed by atoms with Crippen molar-refractivity contribution < 1.29 is 9.90 Å². The molecule has 0 bridgehead atoms. The molecular formula is C16H21N3O2. The van der Waals surface area contributed by atoms with E-state index in [-0.39, 0.29) is 18.6 Å². The summed E-state index contributed by atoms with van der Waals surface area (Å²) in [5, 5.41) is 9.44. The second-order valence-corrected chi connectivity index (χ2v) is 5.78. The number of likely N-dealkylation sites (tertiary alicyclic amines) is 1. The summed E-state index contributed by atoms with van der Waals surface area (Å²) in [5.41, 5.74) is 2.01. The number of imidazole rings is 1. The molecule has 0 saturated carbocycles. The van der Waals surface area contributed by atoms with E-state index < -0.39 is 0 Å². The summed E-state index contributed by atoms with van der Waals surface area (Å²) in [7, 11) is 0. The Hall–Kier alpha value is -1.88. The normalized spacial score (nSPS) is 22.1. The number of aromatic nitrogens is 2. The number of aliphatic hydroxyl groups is 1. The fraction of sp³-hybridized carbons (Fsp3) is 0.500. The van der Waals surface area contributed by atoms with E-state index in [0.717, 1.165) is 24.0 Å². The van der Waals surface area contributed by atoms with Crippen LogP contribution in [-0.4, -0.2) is 44.7 Å². The van der Waals surface area contributed by atoms with Gasteiger partial charge in [-0.15, -0.1) is 0 Å². The summed E-state index contributed by atoms with van der Waals surface area (Å²) >= 11 is 0. The minimum Gasteiger partial charge on any atom is -0.394 e. The van der Waals surface area contributed by atoms with E-state index in [1.807, 2.05) is 33.7 Å². The van der Waals surface area contributed by atoms with E-state index in [1.54, 1.807) is 6.33 Å². The Kier molecular flexibility index (Phi) is 3.92. The molecule has 0 aliphatic carbocycles. The van der Waals surface area contributed by atoms with Crippen LogP contribution in [-0.2, 0) is 11.3 Å². The summed E-state index contributed by atoms with van der Waals surface area (Å²) in [5.74, 6) is 0.504. The summed E-state index contributed by atoms with van der Waals surface area (Å²) < 4.78 is 2.01. The molecule has 1 fully saturated rings. The molecular weight excluding hydrogens is 266 g/mol. The Balaban J connectivity index is 1.66.